The van der Waals surface area contributed by atoms with E-state index in [0.717, 1.165) is 28.7 Å². The lowest BCUT2D eigenvalue weighted by atomic mass is 10.1. The normalized spacial score (nSPS) is 12.2. The number of rotatable bonds is 5. The average molecular weight is 271 g/mol. The van der Waals surface area contributed by atoms with Crippen LogP contribution in [0.15, 0.2) is 30.3 Å². The van der Waals surface area contributed by atoms with Gasteiger partial charge in [0.15, 0.2) is 0 Å². The number of pyridine rings is 1. The van der Waals surface area contributed by atoms with E-state index in [4.69, 9.17) is 0 Å². The molecule has 0 aliphatic carbocycles. The number of carbonyl (C=O) groups excluding carboxylic acids is 1. The third-order valence-corrected chi connectivity index (χ3v) is 3.21. The van der Waals surface area contributed by atoms with Crippen LogP contribution in [0.1, 0.15) is 25.8 Å². The topological polar surface area (TPSA) is 54.0 Å². The van der Waals surface area contributed by atoms with Crippen molar-refractivity contribution in [1.29, 1.82) is 0 Å². The SMILES string of the molecule is CCCNC(=O)C(C)Nc1nc2ccccc2cc1C. The van der Waals surface area contributed by atoms with Crippen LogP contribution in [-0.2, 0) is 4.79 Å². The summed E-state index contributed by atoms with van der Waals surface area (Å²) in [7, 11) is 0. The number of amides is 1. The number of hydrogen-bond donors (Lipinski definition) is 2. The van der Waals surface area contributed by atoms with Crippen LogP contribution in [0.5, 0.6) is 0 Å². The van der Waals surface area contributed by atoms with Crippen molar-refractivity contribution in [3.05, 3.63) is 35.9 Å². The maximum absolute atomic E-state index is 11.9. The highest BCUT2D eigenvalue weighted by Crippen LogP contribution is 2.20. The van der Waals surface area contributed by atoms with Crippen LogP contribution in [0.3, 0.4) is 0 Å². The van der Waals surface area contributed by atoms with E-state index in [1.54, 1.807) is 0 Å². The molecule has 0 saturated heterocycles. The van der Waals surface area contributed by atoms with E-state index >= 15 is 0 Å². The zero-order valence-electron chi connectivity index (χ0n) is 12.2. The van der Waals surface area contributed by atoms with Gasteiger partial charge in [0.05, 0.1) is 5.52 Å². The summed E-state index contributed by atoms with van der Waals surface area (Å²) in [6.45, 7) is 6.59. The number of para-hydroxylation sites is 1. The molecule has 1 aromatic heterocycles. The molecule has 106 valence electrons. The monoisotopic (exact) mass is 271 g/mol. The number of nitrogens with one attached hydrogen (secondary N) is 2. The van der Waals surface area contributed by atoms with Crippen LogP contribution < -0.4 is 10.6 Å². The molecule has 0 saturated carbocycles. The largest absolute Gasteiger partial charge is 0.358 e. The van der Waals surface area contributed by atoms with Crippen LogP contribution >= 0.6 is 0 Å². The second kappa shape index (κ2) is 6.37. The molecule has 1 aromatic carbocycles. The van der Waals surface area contributed by atoms with Crippen molar-refractivity contribution in [2.45, 2.75) is 33.2 Å². The second-order valence-corrected chi connectivity index (χ2v) is 5.00. The molecule has 2 rings (SSSR count). The first kappa shape index (κ1) is 14.3. The van der Waals surface area contributed by atoms with E-state index in [-0.39, 0.29) is 11.9 Å². The summed E-state index contributed by atoms with van der Waals surface area (Å²) >= 11 is 0. The van der Waals surface area contributed by atoms with Crippen molar-refractivity contribution < 1.29 is 4.79 Å². The highest BCUT2D eigenvalue weighted by Gasteiger charge is 2.13. The van der Waals surface area contributed by atoms with Gasteiger partial charge in [-0.25, -0.2) is 4.98 Å². The minimum atomic E-state index is -0.297. The van der Waals surface area contributed by atoms with E-state index < -0.39 is 0 Å². The number of fused-ring (bicyclic) bond motifs is 1. The standard InChI is InChI=1S/C16H21N3O/c1-4-9-17-16(20)12(3)18-15-11(2)10-13-7-5-6-8-14(13)19-15/h5-8,10,12H,4,9H2,1-3H3,(H,17,20)(H,18,19). The van der Waals surface area contributed by atoms with Crippen LogP contribution in [0.4, 0.5) is 5.82 Å². The zero-order chi connectivity index (χ0) is 14.5. The van der Waals surface area contributed by atoms with Gasteiger partial charge >= 0.3 is 0 Å². The number of anilines is 1. The lowest BCUT2D eigenvalue weighted by Crippen LogP contribution is -2.38. The van der Waals surface area contributed by atoms with E-state index in [9.17, 15) is 4.79 Å². The number of hydrogen-bond acceptors (Lipinski definition) is 3. The molecule has 20 heavy (non-hydrogen) atoms. The lowest BCUT2D eigenvalue weighted by Gasteiger charge is -2.16. The molecular formula is C16H21N3O. The van der Waals surface area contributed by atoms with Crippen LogP contribution in [0.25, 0.3) is 10.9 Å². The quantitative estimate of drug-likeness (QED) is 0.879. The highest BCUT2D eigenvalue weighted by molar-refractivity contribution is 5.86. The zero-order valence-corrected chi connectivity index (χ0v) is 12.2. The molecule has 0 bridgehead atoms. The molecule has 0 aliphatic rings. The van der Waals surface area contributed by atoms with Crippen molar-refractivity contribution in [2.24, 2.45) is 0 Å². The van der Waals surface area contributed by atoms with Gasteiger partial charge in [-0.2, -0.15) is 0 Å². The van der Waals surface area contributed by atoms with Crippen LogP contribution in [-0.4, -0.2) is 23.5 Å². The van der Waals surface area contributed by atoms with Crippen molar-refractivity contribution >= 4 is 22.6 Å². The van der Waals surface area contributed by atoms with E-state index in [1.165, 1.54) is 0 Å². The van der Waals surface area contributed by atoms with Gasteiger partial charge in [0.25, 0.3) is 0 Å². The molecule has 1 heterocycles. The van der Waals surface area contributed by atoms with Gasteiger partial charge in [0, 0.05) is 11.9 Å². The Bertz CT molecular complexity index is 610. The third-order valence-electron chi connectivity index (χ3n) is 3.21. The fourth-order valence-corrected chi connectivity index (χ4v) is 2.04. The van der Waals surface area contributed by atoms with E-state index in [2.05, 4.69) is 21.7 Å². The summed E-state index contributed by atoms with van der Waals surface area (Å²) in [5.41, 5.74) is 1.97. The molecule has 1 unspecified atom stereocenters. The van der Waals surface area contributed by atoms with Crippen molar-refractivity contribution in [3.8, 4) is 0 Å². The average Bonchev–Trinajstić information content (AvgIpc) is 2.45. The Kier molecular flexibility index (Phi) is 4.56. The first-order valence-electron chi connectivity index (χ1n) is 7.02. The Morgan fingerprint density at radius 2 is 2.10 bits per heavy atom. The molecule has 4 nitrogen and oxygen atoms in total. The first-order valence-corrected chi connectivity index (χ1v) is 7.02. The first-order chi connectivity index (χ1) is 9.61. The van der Waals surface area contributed by atoms with Crippen LogP contribution in [0.2, 0.25) is 0 Å². The Balaban J connectivity index is 2.16. The van der Waals surface area contributed by atoms with Gasteiger partial charge in [-0.15, -0.1) is 0 Å². The van der Waals surface area contributed by atoms with Crippen molar-refractivity contribution in [3.63, 3.8) is 0 Å². The maximum Gasteiger partial charge on any atom is 0.242 e. The predicted octanol–water partition coefficient (Wildman–Crippen LogP) is 2.87. The summed E-state index contributed by atoms with van der Waals surface area (Å²) in [4.78, 5) is 16.5. The minimum absolute atomic E-state index is 0.00112. The molecule has 4 heteroatoms. The molecule has 1 amide bonds. The van der Waals surface area contributed by atoms with E-state index in [0.29, 0.717) is 6.54 Å². The Morgan fingerprint density at radius 1 is 1.35 bits per heavy atom. The second-order valence-electron chi connectivity index (χ2n) is 5.00. The molecule has 0 radical (unpaired) electrons. The molecule has 0 spiro atoms. The maximum atomic E-state index is 11.9. The molecule has 2 N–H and O–H groups in total. The summed E-state index contributed by atoms with van der Waals surface area (Å²) in [6, 6.07) is 9.76. The number of aryl methyl sites for hydroxylation is 1. The minimum Gasteiger partial charge on any atom is -0.358 e. The predicted molar refractivity (Wildman–Crippen MR) is 82.9 cm³/mol. The fraction of sp³-hybridized carbons (Fsp3) is 0.375. The Morgan fingerprint density at radius 3 is 2.85 bits per heavy atom. The molecule has 0 fully saturated rings. The molecule has 2 aromatic rings. The van der Waals surface area contributed by atoms with Crippen molar-refractivity contribution in [2.75, 3.05) is 11.9 Å². The van der Waals surface area contributed by atoms with Gasteiger partial charge in [-0.1, -0.05) is 25.1 Å². The highest BCUT2D eigenvalue weighted by atomic mass is 16.2. The lowest BCUT2D eigenvalue weighted by molar-refractivity contribution is -0.121. The molecule has 1 atom stereocenters. The van der Waals surface area contributed by atoms with Gasteiger partial charge < -0.3 is 10.6 Å². The summed E-state index contributed by atoms with van der Waals surface area (Å²) in [5, 5.41) is 7.18. The third kappa shape index (κ3) is 3.26. The van der Waals surface area contributed by atoms with Gasteiger partial charge in [0.2, 0.25) is 5.91 Å². The smallest absolute Gasteiger partial charge is 0.242 e. The Hall–Kier alpha value is -2.10. The van der Waals surface area contributed by atoms with Gasteiger partial charge in [0.1, 0.15) is 11.9 Å². The van der Waals surface area contributed by atoms with Gasteiger partial charge in [-0.3, -0.25) is 4.79 Å². The van der Waals surface area contributed by atoms with E-state index in [1.807, 2.05) is 45.0 Å². The molecular weight excluding hydrogens is 250 g/mol. The number of carbonyl (C=O) groups is 1. The number of nitrogens with zero attached hydrogens (tertiary/aromatic N) is 1. The van der Waals surface area contributed by atoms with Crippen LogP contribution in [0, 0.1) is 6.92 Å². The summed E-state index contributed by atoms with van der Waals surface area (Å²) in [6.07, 6.45) is 0.936. The van der Waals surface area contributed by atoms with Gasteiger partial charge in [-0.05, 0) is 38.0 Å². The molecule has 0 aliphatic heterocycles. The fourth-order valence-electron chi connectivity index (χ4n) is 2.04. The summed E-state index contributed by atoms with van der Waals surface area (Å²) in [5.74, 6) is 0.768. The number of aromatic nitrogens is 1. The summed E-state index contributed by atoms with van der Waals surface area (Å²) < 4.78 is 0. The Labute approximate surface area is 119 Å². The number of benzene rings is 1. The van der Waals surface area contributed by atoms with Crippen molar-refractivity contribution in [1.82, 2.24) is 10.3 Å².